The minimum atomic E-state index is -0.0864. The van der Waals surface area contributed by atoms with Gasteiger partial charge >= 0.3 is 0 Å². The first kappa shape index (κ1) is 21.5. The molecule has 0 spiro atoms. The summed E-state index contributed by atoms with van der Waals surface area (Å²) in [5, 5.41) is 9.35. The molecular formula is C24H28N4O2. The van der Waals surface area contributed by atoms with Crippen LogP contribution in [0.2, 0.25) is 0 Å². The Morgan fingerprint density at radius 1 is 1.20 bits per heavy atom. The maximum atomic E-state index is 12.5. The Kier molecular flexibility index (Phi) is 7.58. The molecule has 6 heteroatoms. The van der Waals surface area contributed by atoms with Crippen molar-refractivity contribution < 1.29 is 9.53 Å². The molecule has 1 fully saturated rings. The highest BCUT2D eigenvalue weighted by Gasteiger charge is 2.26. The van der Waals surface area contributed by atoms with Gasteiger partial charge in [-0.2, -0.15) is 5.26 Å². The number of nitrogens with zero attached hydrogens (tertiary/aromatic N) is 4. The van der Waals surface area contributed by atoms with Gasteiger partial charge in [0.15, 0.2) is 0 Å². The Morgan fingerprint density at radius 3 is 2.53 bits per heavy atom. The molecule has 6 nitrogen and oxygen atoms in total. The number of rotatable bonds is 7. The van der Waals surface area contributed by atoms with Crippen molar-refractivity contribution in [3.05, 3.63) is 66.0 Å². The van der Waals surface area contributed by atoms with E-state index >= 15 is 0 Å². The van der Waals surface area contributed by atoms with E-state index in [2.05, 4.69) is 29.8 Å². The molecule has 2 heterocycles. The Labute approximate surface area is 178 Å². The lowest BCUT2D eigenvalue weighted by Crippen LogP contribution is -2.52. The van der Waals surface area contributed by atoms with Crippen molar-refractivity contribution in [2.75, 3.05) is 26.2 Å². The second kappa shape index (κ2) is 10.6. The van der Waals surface area contributed by atoms with Gasteiger partial charge < -0.3 is 9.64 Å². The third-order valence-corrected chi connectivity index (χ3v) is 5.21. The number of hydrogen-bond donors (Lipinski definition) is 0. The van der Waals surface area contributed by atoms with Crippen LogP contribution in [-0.2, 0) is 11.4 Å². The van der Waals surface area contributed by atoms with Crippen LogP contribution in [0.3, 0.4) is 0 Å². The molecule has 156 valence electrons. The predicted molar refractivity (Wildman–Crippen MR) is 116 cm³/mol. The van der Waals surface area contributed by atoms with E-state index in [1.807, 2.05) is 47.4 Å². The summed E-state index contributed by atoms with van der Waals surface area (Å²) < 4.78 is 5.76. The van der Waals surface area contributed by atoms with Crippen LogP contribution in [0.1, 0.15) is 25.0 Å². The number of hydrogen-bond acceptors (Lipinski definition) is 5. The quantitative estimate of drug-likeness (QED) is 0.662. The zero-order valence-corrected chi connectivity index (χ0v) is 17.6. The first-order valence-corrected chi connectivity index (χ1v) is 10.3. The molecule has 30 heavy (non-hydrogen) atoms. The summed E-state index contributed by atoms with van der Waals surface area (Å²) in [6.07, 6.45) is 6.96. The highest BCUT2D eigenvalue weighted by Crippen LogP contribution is 2.16. The van der Waals surface area contributed by atoms with E-state index in [1.54, 1.807) is 18.5 Å². The number of carbonyl (C=O) groups excluding carboxylic acids is 1. The van der Waals surface area contributed by atoms with Crippen LogP contribution in [0, 0.1) is 17.2 Å². The van der Waals surface area contributed by atoms with Crippen molar-refractivity contribution >= 4 is 12.0 Å². The Hall–Kier alpha value is -3.17. The molecule has 0 bridgehead atoms. The molecule has 1 saturated heterocycles. The normalized spacial score (nSPS) is 15.9. The molecule has 1 aliphatic heterocycles. The van der Waals surface area contributed by atoms with Crippen LogP contribution in [-0.4, -0.2) is 52.9 Å². The van der Waals surface area contributed by atoms with E-state index in [1.165, 1.54) is 0 Å². The minimum absolute atomic E-state index is 0.00427. The summed E-state index contributed by atoms with van der Waals surface area (Å²) in [5.41, 5.74) is 1.96. The molecule has 1 aromatic carbocycles. The number of pyridine rings is 1. The molecule has 1 aromatic heterocycles. The van der Waals surface area contributed by atoms with Gasteiger partial charge in [-0.05, 0) is 35.8 Å². The van der Waals surface area contributed by atoms with Crippen LogP contribution < -0.4 is 4.74 Å². The van der Waals surface area contributed by atoms with Crippen LogP contribution in [0.15, 0.2) is 54.9 Å². The van der Waals surface area contributed by atoms with E-state index in [9.17, 15) is 10.1 Å². The molecule has 1 unspecified atom stereocenters. The maximum Gasteiger partial charge on any atom is 0.246 e. The summed E-state index contributed by atoms with van der Waals surface area (Å²) >= 11 is 0. The summed E-state index contributed by atoms with van der Waals surface area (Å²) in [7, 11) is 0. The van der Waals surface area contributed by atoms with Crippen molar-refractivity contribution in [2.24, 2.45) is 5.92 Å². The van der Waals surface area contributed by atoms with E-state index in [-0.39, 0.29) is 17.9 Å². The van der Waals surface area contributed by atoms with Gasteiger partial charge in [0.05, 0.1) is 6.07 Å². The van der Waals surface area contributed by atoms with Crippen LogP contribution >= 0.6 is 0 Å². The lowest BCUT2D eigenvalue weighted by Gasteiger charge is -2.37. The fraction of sp³-hybridized carbons (Fsp3) is 0.375. The van der Waals surface area contributed by atoms with Gasteiger partial charge in [0.2, 0.25) is 5.91 Å². The Bertz CT molecular complexity index is 880. The smallest absolute Gasteiger partial charge is 0.246 e. The van der Waals surface area contributed by atoms with Crippen molar-refractivity contribution in [1.82, 2.24) is 14.8 Å². The number of aromatic nitrogens is 1. The van der Waals surface area contributed by atoms with E-state index in [4.69, 9.17) is 4.74 Å². The molecule has 1 atom stereocenters. The maximum absolute atomic E-state index is 12.5. The molecule has 1 amide bonds. The SMILES string of the molecule is CC(C)C(C#N)N1CCN(C(=O)/C=C/c2ccc(OCc3cccnc3)cc2)CC1. The first-order chi connectivity index (χ1) is 14.6. The molecule has 0 saturated carbocycles. The highest BCUT2D eigenvalue weighted by atomic mass is 16.5. The van der Waals surface area contributed by atoms with Gasteiger partial charge in [-0.15, -0.1) is 0 Å². The Balaban J connectivity index is 1.47. The third kappa shape index (κ3) is 5.91. The van der Waals surface area contributed by atoms with Gasteiger partial charge in [0.1, 0.15) is 18.4 Å². The lowest BCUT2D eigenvalue weighted by molar-refractivity contribution is -0.127. The van der Waals surface area contributed by atoms with E-state index in [0.717, 1.165) is 30.0 Å². The zero-order chi connectivity index (χ0) is 21.3. The van der Waals surface area contributed by atoms with E-state index in [0.29, 0.717) is 19.7 Å². The highest BCUT2D eigenvalue weighted by molar-refractivity contribution is 5.91. The first-order valence-electron chi connectivity index (χ1n) is 10.3. The number of nitriles is 1. The Morgan fingerprint density at radius 2 is 1.93 bits per heavy atom. The molecule has 0 N–H and O–H groups in total. The van der Waals surface area contributed by atoms with Crippen molar-refractivity contribution in [3.63, 3.8) is 0 Å². The van der Waals surface area contributed by atoms with Crippen LogP contribution in [0.5, 0.6) is 5.75 Å². The monoisotopic (exact) mass is 404 g/mol. The predicted octanol–water partition coefficient (Wildman–Crippen LogP) is 3.37. The van der Waals surface area contributed by atoms with Gasteiger partial charge in [-0.25, -0.2) is 0 Å². The lowest BCUT2D eigenvalue weighted by atomic mass is 10.0. The van der Waals surface area contributed by atoms with Crippen LogP contribution in [0.4, 0.5) is 0 Å². The average Bonchev–Trinajstić information content (AvgIpc) is 2.78. The second-order valence-electron chi connectivity index (χ2n) is 7.73. The minimum Gasteiger partial charge on any atom is -0.489 e. The number of carbonyl (C=O) groups is 1. The molecule has 1 aliphatic rings. The number of ether oxygens (including phenoxy) is 1. The largest absolute Gasteiger partial charge is 0.489 e. The van der Waals surface area contributed by atoms with E-state index < -0.39 is 0 Å². The molecule has 0 radical (unpaired) electrons. The summed E-state index contributed by atoms with van der Waals surface area (Å²) in [4.78, 5) is 20.6. The second-order valence-corrected chi connectivity index (χ2v) is 7.73. The fourth-order valence-corrected chi connectivity index (χ4v) is 3.47. The zero-order valence-electron chi connectivity index (χ0n) is 17.6. The van der Waals surface area contributed by atoms with Crippen molar-refractivity contribution in [3.8, 4) is 11.8 Å². The van der Waals surface area contributed by atoms with Crippen LogP contribution in [0.25, 0.3) is 6.08 Å². The number of piperazine rings is 1. The topological polar surface area (TPSA) is 69.5 Å². The molecular weight excluding hydrogens is 376 g/mol. The standard InChI is InChI=1S/C24H28N4O2/c1-19(2)23(16-25)27-12-14-28(15-13-27)24(29)10-7-20-5-8-22(9-6-20)30-18-21-4-3-11-26-17-21/h3-11,17,19,23H,12-15,18H2,1-2H3/b10-7+. The summed E-state index contributed by atoms with van der Waals surface area (Å²) in [6.45, 7) is 7.35. The number of benzene rings is 1. The van der Waals surface area contributed by atoms with Crippen molar-refractivity contribution in [2.45, 2.75) is 26.5 Å². The number of amides is 1. The van der Waals surface area contributed by atoms with Gasteiger partial charge in [0, 0.05) is 50.2 Å². The third-order valence-electron chi connectivity index (χ3n) is 5.21. The fourth-order valence-electron chi connectivity index (χ4n) is 3.47. The molecule has 3 rings (SSSR count). The van der Waals surface area contributed by atoms with Gasteiger partial charge in [-0.1, -0.05) is 32.0 Å². The van der Waals surface area contributed by atoms with Gasteiger partial charge in [0.25, 0.3) is 0 Å². The molecule has 0 aliphatic carbocycles. The average molecular weight is 405 g/mol. The van der Waals surface area contributed by atoms with Crippen molar-refractivity contribution in [1.29, 1.82) is 5.26 Å². The van der Waals surface area contributed by atoms with Gasteiger partial charge in [-0.3, -0.25) is 14.7 Å². The summed E-state index contributed by atoms with van der Waals surface area (Å²) in [6, 6.07) is 13.8. The summed E-state index contributed by atoms with van der Waals surface area (Å²) in [5.74, 6) is 1.06. The molecule has 2 aromatic rings.